The summed E-state index contributed by atoms with van der Waals surface area (Å²) in [5.41, 5.74) is 2.54. The van der Waals surface area contributed by atoms with Crippen molar-refractivity contribution in [2.75, 3.05) is 13.7 Å². The maximum absolute atomic E-state index is 5.27. The molecule has 0 amide bonds. The van der Waals surface area contributed by atoms with Crippen LogP contribution < -0.4 is 15.4 Å². The van der Waals surface area contributed by atoms with Crippen LogP contribution in [0.5, 0.6) is 5.75 Å². The van der Waals surface area contributed by atoms with Gasteiger partial charge in [0.2, 0.25) is 0 Å². The maximum atomic E-state index is 5.27. The van der Waals surface area contributed by atoms with Gasteiger partial charge < -0.3 is 15.4 Å². The van der Waals surface area contributed by atoms with Crippen LogP contribution in [0.1, 0.15) is 30.4 Å². The first kappa shape index (κ1) is 16.4. The number of rotatable bonds is 6. The molecule has 1 saturated carbocycles. The van der Waals surface area contributed by atoms with Gasteiger partial charge in [-0.2, -0.15) is 0 Å². The summed E-state index contributed by atoms with van der Waals surface area (Å²) >= 11 is 0. The molecule has 126 valence electrons. The number of hydrogen-bond donors (Lipinski definition) is 2. The fraction of sp³-hybridized carbons (Fsp3) is 0.350. The molecule has 0 heterocycles. The average molecular weight is 323 g/mol. The SMILES string of the molecule is CCNC(=NCc1cccc(OC)c1)NC1CC1c1ccccc1. The smallest absolute Gasteiger partial charge is 0.191 e. The molecular weight excluding hydrogens is 298 g/mol. The normalized spacial score (nSPS) is 19.7. The molecule has 0 radical (unpaired) electrons. The summed E-state index contributed by atoms with van der Waals surface area (Å²) in [6.07, 6.45) is 1.16. The van der Waals surface area contributed by atoms with Crippen molar-refractivity contribution in [3.05, 3.63) is 65.7 Å². The third kappa shape index (κ3) is 4.28. The number of nitrogens with one attached hydrogen (secondary N) is 2. The van der Waals surface area contributed by atoms with E-state index in [2.05, 4.69) is 54.0 Å². The van der Waals surface area contributed by atoms with E-state index < -0.39 is 0 Å². The van der Waals surface area contributed by atoms with Crippen LogP contribution in [0.25, 0.3) is 0 Å². The second-order valence-corrected chi connectivity index (χ2v) is 6.05. The third-order valence-corrected chi connectivity index (χ3v) is 4.24. The lowest BCUT2D eigenvalue weighted by Crippen LogP contribution is -2.39. The van der Waals surface area contributed by atoms with Gasteiger partial charge in [0, 0.05) is 18.5 Å². The highest BCUT2D eigenvalue weighted by Crippen LogP contribution is 2.40. The largest absolute Gasteiger partial charge is 0.497 e. The molecule has 0 aromatic heterocycles. The van der Waals surface area contributed by atoms with Gasteiger partial charge in [0.15, 0.2) is 5.96 Å². The van der Waals surface area contributed by atoms with Crippen molar-refractivity contribution < 1.29 is 4.74 Å². The molecule has 2 aromatic rings. The Hall–Kier alpha value is -2.49. The highest BCUT2D eigenvalue weighted by atomic mass is 16.5. The summed E-state index contributed by atoms with van der Waals surface area (Å²) < 4.78 is 5.27. The zero-order valence-corrected chi connectivity index (χ0v) is 14.3. The first-order valence-corrected chi connectivity index (χ1v) is 8.53. The Kier molecular flexibility index (Phi) is 5.36. The molecule has 2 N–H and O–H groups in total. The van der Waals surface area contributed by atoms with Gasteiger partial charge >= 0.3 is 0 Å². The lowest BCUT2D eigenvalue weighted by atomic mass is 10.1. The fourth-order valence-corrected chi connectivity index (χ4v) is 2.86. The summed E-state index contributed by atoms with van der Waals surface area (Å²) in [7, 11) is 1.69. The quantitative estimate of drug-likeness (QED) is 0.633. The average Bonchev–Trinajstić information content (AvgIpc) is 3.40. The number of guanidine groups is 1. The van der Waals surface area contributed by atoms with Crippen molar-refractivity contribution in [3.8, 4) is 5.75 Å². The molecule has 4 nitrogen and oxygen atoms in total. The number of methoxy groups -OCH3 is 1. The van der Waals surface area contributed by atoms with Gasteiger partial charge in [-0.25, -0.2) is 4.99 Å². The lowest BCUT2D eigenvalue weighted by molar-refractivity contribution is 0.414. The van der Waals surface area contributed by atoms with Crippen LogP contribution in [-0.2, 0) is 6.54 Å². The third-order valence-electron chi connectivity index (χ3n) is 4.24. The van der Waals surface area contributed by atoms with Crippen molar-refractivity contribution >= 4 is 5.96 Å². The fourth-order valence-electron chi connectivity index (χ4n) is 2.86. The van der Waals surface area contributed by atoms with Crippen LogP contribution in [0.2, 0.25) is 0 Å². The monoisotopic (exact) mass is 323 g/mol. The van der Waals surface area contributed by atoms with Crippen LogP contribution in [0.15, 0.2) is 59.6 Å². The van der Waals surface area contributed by atoms with Crippen LogP contribution in [0.3, 0.4) is 0 Å². The minimum absolute atomic E-state index is 0.468. The molecule has 0 bridgehead atoms. The van der Waals surface area contributed by atoms with Gasteiger partial charge in [-0.05, 0) is 36.6 Å². The van der Waals surface area contributed by atoms with Crippen molar-refractivity contribution in [1.82, 2.24) is 10.6 Å². The summed E-state index contributed by atoms with van der Waals surface area (Å²) in [5.74, 6) is 2.34. The molecule has 1 fully saturated rings. The molecule has 2 unspecified atom stereocenters. The molecule has 0 saturated heterocycles. The standard InChI is InChI=1S/C20H25N3O/c1-3-21-20(22-14-15-8-7-11-17(12-15)24-2)23-19-13-18(19)16-9-5-4-6-10-16/h4-12,18-19H,3,13-14H2,1-2H3,(H2,21,22,23). The molecule has 1 aliphatic rings. The number of hydrogen-bond acceptors (Lipinski definition) is 2. The van der Waals surface area contributed by atoms with Crippen molar-refractivity contribution in [1.29, 1.82) is 0 Å². The topological polar surface area (TPSA) is 45.7 Å². The molecule has 2 aromatic carbocycles. The van der Waals surface area contributed by atoms with E-state index >= 15 is 0 Å². The lowest BCUT2D eigenvalue weighted by Gasteiger charge is -2.11. The Bertz CT molecular complexity index is 684. The van der Waals surface area contributed by atoms with Crippen LogP contribution >= 0.6 is 0 Å². The van der Waals surface area contributed by atoms with E-state index in [4.69, 9.17) is 9.73 Å². The number of aliphatic imine (C=N–C) groups is 1. The van der Waals surface area contributed by atoms with Gasteiger partial charge in [0.25, 0.3) is 0 Å². The van der Waals surface area contributed by atoms with E-state index in [9.17, 15) is 0 Å². The zero-order chi connectivity index (χ0) is 16.8. The predicted octanol–water partition coefficient (Wildman–Crippen LogP) is 3.31. The Balaban J connectivity index is 1.60. The predicted molar refractivity (Wildman–Crippen MR) is 98.5 cm³/mol. The van der Waals surface area contributed by atoms with E-state index in [0.717, 1.165) is 30.2 Å². The van der Waals surface area contributed by atoms with E-state index in [1.54, 1.807) is 7.11 Å². The Labute approximate surface area is 144 Å². The Morgan fingerprint density at radius 2 is 2.00 bits per heavy atom. The van der Waals surface area contributed by atoms with E-state index in [0.29, 0.717) is 18.5 Å². The molecule has 2 atom stereocenters. The van der Waals surface area contributed by atoms with Gasteiger partial charge in [0.1, 0.15) is 5.75 Å². The molecule has 0 aliphatic heterocycles. The van der Waals surface area contributed by atoms with Crippen LogP contribution in [0, 0.1) is 0 Å². The minimum atomic E-state index is 0.468. The number of nitrogens with zero attached hydrogens (tertiary/aromatic N) is 1. The van der Waals surface area contributed by atoms with Crippen molar-refractivity contribution in [3.63, 3.8) is 0 Å². The van der Waals surface area contributed by atoms with Crippen LogP contribution in [-0.4, -0.2) is 25.7 Å². The minimum Gasteiger partial charge on any atom is -0.497 e. The summed E-state index contributed by atoms with van der Waals surface area (Å²) in [5, 5.41) is 6.88. The van der Waals surface area contributed by atoms with E-state index in [1.165, 1.54) is 5.56 Å². The second kappa shape index (κ2) is 7.86. The summed E-state index contributed by atoms with van der Waals surface area (Å²) in [6.45, 7) is 3.58. The van der Waals surface area contributed by atoms with Crippen molar-refractivity contribution in [2.24, 2.45) is 4.99 Å². The van der Waals surface area contributed by atoms with Gasteiger partial charge in [-0.3, -0.25) is 0 Å². The molecular formula is C20H25N3O. The summed E-state index contributed by atoms with van der Waals surface area (Å²) in [6, 6.07) is 19.2. The van der Waals surface area contributed by atoms with Gasteiger partial charge in [-0.1, -0.05) is 42.5 Å². The molecule has 4 heteroatoms. The van der Waals surface area contributed by atoms with E-state index in [-0.39, 0.29) is 0 Å². The molecule has 1 aliphatic carbocycles. The Morgan fingerprint density at radius 3 is 2.75 bits per heavy atom. The molecule has 3 rings (SSSR count). The van der Waals surface area contributed by atoms with Crippen LogP contribution in [0.4, 0.5) is 0 Å². The maximum Gasteiger partial charge on any atom is 0.191 e. The number of ether oxygens (including phenoxy) is 1. The molecule has 24 heavy (non-hydrogen) atoms. The van der Waals surface area contributed by atoms with Gasteiger partial charge in [-0.15, -0.1) is 0 Å². The van der Waals surface area contributed by atoms with E-state index in [1.807, 2.05) is 18.2 Å². The summed E-state index contributed by atoms with van der Waals surface area (Å²) in [4.78, 5) is 4.71. The Morgan fingerprint density at radius 1 is 1.17 bits per heavy atom. The number of benzene rings is 2. The highest BCUT2D eigenvalue weighted by molar-refractivity contribution is 5.80. The second-order valence-electron chi connectivity index (χ2n) is 6.05. The zero-order valence-electron chi connectivity index (χ0n) is 14.3. The van der Waals surface area contributed by atoms with Gasteiger partial charge in [0.05, 0.1) is 13.7 Å². The highest BCUT2D eigenvalue weighted by Gasteiger charge is 2.38. The van der Waals surface area contributed by atoms with Crippen molar-refractivity contribution in [2.45, 2.75) is 31.8 Å². The molecule has 0 spiro atoms. The first-order valence-electron chi connectivity index (χ1n) is 8.53. The first-order chi connectivity index (χ1) is 11.8.